The molecule has 0 aliphatic carbocycles. The second-order valence-corrected chi connectivity index (χ2v) is 12.2. The van der Waals surface area contributed by atoms with Crippen LogP contribution in [0.3, 0.4) is 0 Å². The van der Waals surface area contributed by atoms with Crippen LogP contribution in [0.4, 0.5) is 10.1 Å². The number of hydrogen-bond acceptors (Lipinski definition) is 6. The van der Waals surface area contributed by atoms with Crippen molar-refractivity contribution in [1.82, 2.24) is 4.31 Å². The first-order valence-electron chi connectivity index (χ1n) is 13.4. The Morgan fingerprint density at radius 1 is 0.976 bits per heavy atom. The number of thiophene rings is 1. The van der Waals surface area contributed by atoms with E-state index in [0.29, 0.717) is 30.2 Å². The molecule has 3 heterocycles. The Morgan fingerprint density at radius 3 is 2.39 bits per heavy atom. The third-order valence-electron chi connectivity index (χ3n) is 7.93. The molecule has 4 aromatic rings. The van der Waals surface area contributed by atoms with Crippen molar-refractivity contribution < 1.29 is 18.7 Å². The molecule has 0 radical (unpaired) electrons. The number of ketones is 1. The molecule has 0 saturated carbocycles. The highest BCUT2D eigenvalue weighted by molar-refractivity contribution is 7.78. The number of hydrogen-bond donors (Lipinski definition) is 1. The Balaban J connectivity index is 1.40. The summed E-state index contributed by atoms with van der Waals surface area (Å²) in [7, 11) is 0. The summed E-state index contributed by atoms with van der Waals surface area (Å²) in [5, 5.41) is 2.37. The maximum absolute atomic E-state index is 14.0. The summed E-state index contributed by atoms with van der Waals surface area (Å²) in [6.45, 7) is 2.95. The van der Waals surface area contributed by atoms with E-state index in [1.807, 2.05) is 35.7 Å². The van der Waals surface area contributed by atoms with E-state index in [4.69, 9.17) is 29.2 Å². The van der Waals surface area contributed by atoms with Crippen LogP contribution in [0.2, 0.25) is 5.02 Å². The van der Waals surface area contributed by atoms with Gasteiger partial charge in [0.2, 0.25) is 5.91 Å². The van der Waals surface area contributed by atoms with Gasteiger partial charge in [0, 0.05) is 41.5 Å². The van der Waals surface area contributed by atoms with Gasteiger partial charge in [0.05, 0.1) is 13.2 Å². The Morgan fingerprint density at radius 2 is 1.68 bits per heavy atom. The lowest BCUT2D eigenvalue weighted by molar-refractivity contribution is -0.142. The van der Waals surface area contributed by atoms with E-state index in [1.54, 1.807) is 47.7 Å². The number of rotatable bonds is 6. The first-order valence-corrected chi connectivity index (χ1v) is 15.1. The molecule has 1 aromatic heterocycles. The number of amides is 1. The van der Waals surface area contributed by atoms with E-state index in [0.717, 1.165) is 40.3 Å². The predicted molar refractivity (Wildman–Crippen MR) is 163 cm³/mol. The van der Waals surface area contributed by atoms with Crippen LogP contribution in [0.15, 0.2) is 84.2 Å². The van der Waals surface area contributed by atoms with Crippen LogP contribution in [0.25, 0.3) is 0 Å². The monoisotopic (exact) mass is 606 g/mol. The van der Waals surface area contributed by atoms with Gasteiger partial charge in [-0.05, 0) is 64.0 Å². The minimum absolute atomic E-state index is 0.0434. The summed E-state index contributed by atoms with van der Waals surface area (Å²) in [6, 6.07) is 23.5. The van der Waals surface area contributed by atoms with Crippen LogP contribution >= 0.6 is 35.8 Å². The van der Waals surface area contributed by atoms with Gasteiger partial charge < -0.3 is 9.64 Å². The fraction of sp³-hybridized carbons (Fsp3) is 0.250. The summed E-state index contributed by atoms with van der Waals surface area (Å²) in [5.41, 5.74) is 3.02. The number of carbonyl (C=O) groups is 2. The number of benzene rings is 3. The van der Waals surface area contributed by atoms with Gasteiger partial charge in [0.25, 0.3) is 0 Å². The zero-order valence-corrected chi connectivity index (χ0v) is 24.6. The fourth-order valence-electron chi connectivity index (χ4n) is 5.77. The molecule has 2 saturated heterocycles. The predicted octanol–water partition coefficient (Wildman–Crippen LogP) is 6.64. The van der Waals surface area contributed by atoms with Crippen molar-refractivity contribution >= 4 is 53.1 Å². The molecule has 2 unspecified atom stereocenters. The van der Waals surface area contributed by atoms with Crippen molar-refractivity contribution in [2.75, 3.05) is 31.2 Å². The van der Waals surface area contributed by atoms with Crippen molar-refractivity contribution in [3.05, 3.63) is 122 Å². The smallest absolute Gasteiger partial charge is 0.248 e. The second-order valence-electron chi connectivity index (χ2n) is 10.4. The third kappa shape index (κ3) is 5.30. The number of Topliss-reactive ketones (excluding diaryl/α,β-unsaturated/α-hetero) is 1. The zero-order chi connectivity index (χ0) is 28.6. The largest absolute Gasteiger partial charge is 0.378 e. The van der Waals surface area contributed by atoms with E-state index in [1.165, 1.54) is 16.4 Å². The van der Waals surface area contributed by atoms with Crippen molar-refractivity contribution in [3.8, 4) is 0 Å². The number of nitrogens with zero attached hydrogens (tertiary/aromatic N) is 2. The molecule has 5 nitrogen and oxygen atoms in total. The lowest BCUT2D eigenvalue weighted by Gasteiger charge is -2.46. The average Bonchev–Trinajstić information content (AvgIpc) is 3.46. The van der Waals surface area contributed by atoms with Crippen LogP contribution < -0.4 is 4.90 Å². The van der Waals surface area contributed by atoms with Gasteiger partial charge in [-0.25, -0.2) is 4.39 Å². The van der Waals surface area contributed by atoms with E-state index >= 15 is 0 Å². The van der Waals surface area contributed by atoms with Gasteiger partial charge >= 0.3 is 0 Å². The third-order valence-corrected chi connectivity index (χ3v) is 9.75. The second kappa shape index (κ2) is 11.6. The van der Waals surface area contributed by atoms with Gasteiger partial charge in [-0.2, -0.15) is 0 Å². The minimum atomic E-state index is -1.11. The maximum atomic E-state index is 14.0. The summed E-state index contributed by atoms with van der Waals surface area (Å²) >= 11 is 12.8. The van der Waals surface area contributed by atoms with Crippen molar-refractivity contribution in [2.45, 2.75) is 24.3 Å². The van der Waals surface area contributed by atoms with E-state index in [-0.39, 0.29) is 18.0 Å². The van der Waals surface area contributed by atoms with Crippen LogP contribution in [-0.4, -0.2) is 42.3 Å². The minimum Gasteiger partial charge on any atom is -0.378 e. The lowest BCUT2D eigenvalue weighted by Crippen LogP contribution is -2.54. The molecular formula is C32H28ClFN2O3S2. The van der Waals surface area contributed by atoms with Crippen LogP contribution in [0, 0.1) is 5.82 Å². The molecule has 1 amide bonds. The molecular weight excluding hydrogens is 579 g/mol. The molecule has 2 aliphatic rings. The maximum Gasteiger partial charge on any atom is 0.248 e. The number of halogens is 2. The molecule has 9 heteroatoms. The molecule has 2 atom stereocenters. The number of ether oxygens (including phenoxy) is 1. The Labute approximate surface area is 253 Å². The first-order chi connectivity index (χ1) is 19.9. The van der Waals surface area contributed by atoms with Gasteiger partial charge in [-0.3, -0.25) is 13.9 Å². The number of piperidine rings is 1. The van der Waals surface area contributed by atoms with E-state index in [9.17, 15) is 14.0 Å². The van der Waals surface area contributed by atoms with Crippen molar-refractivity contribution in [3.63, 3.8) is 0 Å². The van der Waals surface area contributed by atoms with E-state index < -0.39 is 17.4 Å². The first kappa shape index (κ1) is 28.0. The standard InChI is InChI=1S/C32H28ClFN2O3S2/c33-28-4-2-1-3-27(28)30-29(37)19-32(36(40)31(30)38,22-7-11-25(12-8-22)35-13-15-39-16-14-35)23-18-26(41-20-23)17-21-5-9-24(34)10-6-21/h1-12,18,20,30,40H,13-17,19H2. The molecule has 0 bridgehead atoms. The van der Waals surface area contributed by atoms with Gasteiger partial charge in [0.1, 0.15) is 17.3 Å². The van der Waals surface area contributed by atoms with Gasteiger partial charge in [0.15, 0.2) is 5.78 Å². The summed E-state index contributed by atoms with van der Waals surface area (Å²) in [4.78, 5) is 31.2. The topological polar surface area (TPSA) is 49.9 Å². The molecule has 41 heavy (non-hydrogen) atoms. The van der Waals surface area contributed by atoms with Crippen molar-refractivity contribution in [1.29, 1.82) is 0 Å². The highest BCUT2D eigenvalue weighted by Gasteiger charge is 2.53. The Bertz CT molecular complexity index is 1570. The van der Waals surface area contributed by atoms with Crippen LogP contribution in [-0.2, 0) is 26.3 Å². The molecule has 210 valence electrons. The van der Waals surface area contributed by atoms with Crippen LogP contribution in [0.5, 0.6) is 0 Å². The summed E-state index contributed by atoms with van der Waals surface area (Å²) in [5.74, 6) is -1.93. The highest BCUT2D eigenvalue weighted by atomic mass is 35.5. The molecule has 6 rings (SSSR count). The molecule has 2 fully saturated rings. The number of anilines is 1. The lowest BCUT2D eigenvalue weighted by atomic mass is 9.73. The normalized spacial score (nSPS) is 21.4. The summed E-state index contributed by atoms with van der Waals surface area (Å²) in [6.07, 6.45) is 0.648. The van der Waals surface area contributed by atoms with Crippen LogP contribution in [0.1, 0.15) is 39.5 Å². The molecule has 3 aromatic carbocycles. The Hall–Kier alpha value is -3.17. The van der Waals surface area contributed by atoms with Gasteiger partial charge in [-0.15, -0.1) is 11.3 Å². The molecule has 0 N–H and O–H groups in total. The number of morpholine rings is 1. The van der Waals surface area contributed by atoms with Crippen molar-refractivity contribution in [2.24, 2.45) is 0 Å². The SMILES string of the molecule is O=C1CC(c2ccc(N3CCOCC3)cc2)(c2csc(Cc3ccc(F)cc3)c2)N(S)C(=O)C1c1ccccc1Cl. The Kier molecular flexibility index (Phi) is 7.92. The fourth-order valence-corrected chi connectivity index (χ4v) is 7.42. The number of carbonyl (C=O) groups excluding carboxylic acids is 2. The number of thiol groups is 1. The van der Waals surface area contributed by atoms with E-state index in [2.05, 4.69) is 4.90 Å². The summed E-state index contributed by atoms with van der Waals surface area (Å²) < 4.78 is 20.4. The quantitative estimate of drug-likeness (QED) is 0.197. The molecule has 0 spiro atoms. The zero-order valence-electron chi connectivity index (χ0n) is 22.1. The highest BCUT2D eigenvalue weighted by Crippen LogP contribution is 2.49. The average molecular weight is 607 g/mol. The molecule has 2 aliphatic heterocycles. The van der Waals surface area contributed by atoms with Gasteiger partial charge in [-0.1, -0.05) is 66.9 Å².